The highest BCUT2D eigenvalue weighted by Gasteiger charge is 2.27. The van der Waals surface area contributed by atoms with Crippen LogP contribution in [0.25, 0.3) is 0 Å². The van der Waals surface area contributed by atoms with Gasteiger partial charge in [0.25, 0.3) is 9.05 Å². The van der Waals surface area contributed by atoms with Crippen LogP contribution in [-0.4, -0.2) is 14.4 Å². The summed E-state index contributed by atoms with van der Waals surface area (Å²) in [4.78, 5) is 11.6. The minimum Gasteiger partial charge on any atom is -0.460 e. The Kier molecular flexibility index (Phi) is 5.95. The topological polar surface area (TPSA) is 60.4 Å². The molecule has 4 nitrogen and oxygen atoms in total. The normalized spacial score (nSPS) is 12.3. The molecule has 0 aromatic heterocycles. The van der Waals surface area contributed by atoms with E-state index in [1.165, 1.54) is 6.07 Å². The standard InChI is InChI=1S/C13H15Cl3O4S/c1-4-13(2,3)12(17)20-7-8-5-9(14)6-10(11(8)15)21(16,18)19/h5-6H,4,7H2,1-3H3. The first-order valence-corrected chi connectivity index (χ1v) is 9.15. The number of benzene rings is 1. The van der Waals surface area contributed by atoms with E-state index in [1.54, 1.807) is 13.8 Å². The lowest BCUT2D eigenvalue weighted by Gasteiger charge is -2.20. The lowest BCUT2D eigenvalue weighted by molar-refractivity contribution is -0.155. The van der Waals surface area contributed by atoms with Crippen molar-refractivity contribution in [2.24, 2.45) is 5.41 Å². The van der Waals surface area contributed by atoms with E-state index in [9.17, 15) is 13.2 Å². The lowest BCUT2D eigenvalue weighted by atomic mass is 9.91. The van der Waals surface area contributed by atoms with Gasteiger partial charge in [-0.25, -0.2) is 8.42 Å². The molecular formula is C13H15Cl3O4S. The molecule has 0 saturated heterocycles. The Hall–Kier alpha value is -0.490. The van der Waals surface area contributed by atoms with E-state index in [4.69, 9.17) is 38.6 Å². The Balaban J connectivity index is 3.06. The van der Waals surface area contributed by atoms with Gasteiger partial charge >= 0.3 is 5.97 Å². The number of hydrogen-bond acceptors (Lipinski definition) is 4. The van der Waals surface area contributed by atoms with E-state index < -0.39 is 20.4 Å². The number of hydrogen-bond donors (Lipinski definition) is 0. The van der Waals surface area contributed by atoms with E-state index in [0.29, 0.717) is 6.42 Å². The smallest absolute Gasteiger partial charge is 0.311 e. The van der Waals surface area contributed by atoms with Crippen molar-refractivity contribution < 1.29 is 17.9 Å². The molecule has 0 aliphatic carbocycles. The van der Waals surface area contributed by atoms with E-state index in [2.05, 4.69) is 0 Å². The van der Waals surface area contributed by atoms with Crippen LogP contribution in [0.15, 0.2) is 17.0 Å². The largest absolute Gasteiger partial charge is 0.460 e. The van der Waals surface area contributed by atoms with E-state index in [1.807, 2.05) is 6.92 Å². The first-order valence-electron chi connectivity index (χ1n) is 6.09. The molecule has 0 N–H and O–H groups in total. The second kappa shape index (κ2) is 6.73. The van der Waals surface area contributed by atoms with Crippen LogP contribution in [0, 0.1) is 5.41 Å². The minimum absolute atomic E-state index is 0.100. The molecule has 0 heterocycles. The van der Waals surface area contributed by atoms with Gasteiger partial charge in [-0.2, -0.15) is 0 Å². The van der Waals surface area contributed by atoms with Crippen LogP contribution in [0.4, 0.5) is 0 Å². The Morgan fingerprint density at radius 3 is 2.33 bits per heavy atom. The fourth-order valence-corrected chi connectivity index (χ4v) is 3.25. The molecule has 0 unspecified atom stereocenters. The van der Waals surface area contributed by atoms with Crippen molar-refractivity contribution in [3.8, 4) is 0 Å². The summed E-state index contributed by atoms with van der Waals surface area (Å²) in [5.74, 6) is -0.406. The number of ether oxygens (including phenoxy) is 1. The first kappa shape index (κ1) is 18.6. The third kappa shape index (κ3) is 4.74. The molecule has 0 fully saturated rings. The van der Waals surface area contributed by atoms with E-state index in [-0.39, 0.29) is 27.1 Å². The zero-order valence-corrected chi connectivity index (χ0v) is 14.8. The van der Waals surface area contributed by atoms with Gasteiger partial charge in [-0.05, 0) is 32.4 Å². The minimum atomic E-state index is -4.03. The Morgan fingerprint density at radius 2 is 1.86 bits per heavy atom. The average Bonchev–Trinajstić information content (AvgIpc) is 2.37. The zero-order valence-electron chi connectivity index (χ0n) is 11.7. The fraction of sp³-hybridized carbons (Fsp3) is 0.462. The van der Waals surface area contributed by atoms with Crippen molar-refractivity contribution in [1.82, 2.24) is 0 Å². The molecule has 0 amide bonds. The summed E-state index contributed by atoms with van der Waals surface area (Å²) in [5, 5.41) is 0.0379. The zero-order chi connectivity index (χ0) is 16.4. The number of halogens is 3. The number of esters is 1. The monoisotopic (exact) mass is 372 g/mol. The molecule has 0 aliphatic rings. The molecule has 1 rings (SSSR count). The van der Waals surface area contributed by atoms with Crippen LogP contribution in [0.2, 0.25) is 10.0 Å². The van der Waals surface area contributed by atoms with Gasteiger partial charge in [0, 0.05) is 21.3 Å². The summed E-state index contributed by atoms with van der Waals surface area (Å²) in [6.07, 6.45) is 0.608. The number of rotatable bonds is 5. The van der Waals surface area contributed by atoms with Gasteiger partial charge in [-0.15, -0.1) is 0 Å². The van der Waals surface area contributed by atoms with Gasteiger partial charge in [-0.1, -0.05) is 30.1 Å². The van der Waals surface area contributed by atoms with Crippen molar-refractivity contribution in [2.75, 3.05) is 0 Å². The highest BCUT2D eigenvalue weighted by atomic mass is 35.7. The first-order chi connectivity index (χ1) is 9.49. The van der Waals surface area contributed by atoms with Crippen LogP contribution >= 0.6 is 33.9 Å². The van der Waals surface area contributed by atoms with Gasteiger partial charge in [0.15, 0.2) is 0 Å². The molecule has 118 valence electrons. The fourth-order valence-electron chi connectivity index (χ4n) is 1.38. The van der Waals surface area contributed by atoms with Crippen LogP contribution < -0.4 is 0 Å². The SMILES string of the molecule is CCC(C)(C)C(=O)OCc1cc(Cl)cc(S(=O)(=O)Cl)c1Cl. The molecular weight excluding hydrogens is 359 g/mol. The average molecular weight is 374 g/mol. The maximum absolute atomic E-state index is 11.9. The third-order valence-corrected chi connectivity index (χ3v) is 5.26. The highest BCUT2D eigenvalue weighted by molar-refractivity contribution is 8.13. The van der Waals surface area contributed by atoms with E-state index in [0.717, 1.165) is 6.07 Å². The van der Waals surface area contributed by atoms with Gasteiger partial charge in [-0.3, -0.25) is 4.79 Å². The second-order valence-corrected chi connectivity index (χ2v) is 8.48. The molecule has 1 aromatic rings. The summed E-state index contributed by atoms with van der Waals surface area (Å²) >= 11 is 11.8. The predicted octanol–water partition coefficient (Wildman–Crippen LogP) is 4.40. The van der Waals surface area contributed by atoms with Crippen molar-refractivity contribution in [3.05, 3.63) is 27.7 Å². The summed E-state index contributed by atoms with van der Waals surface area (Å²) in [6, 6.07) is 2.58. The summed E-state index contributed by atoms with van der Waals surface area (Å²) < 4.78 is 28.0. The molecule has 21 heavy (non-hydrogen) atoms. The molecule has 1 aromatic carbocycles. The van der Waals surface area contributed by atoms with Gasteiger partial charge in [0.2, 0.25) is 0 Å². The van der Waals surface area contributed by atoms with Gasteiger partial charge in [0.05, 0.1) is 10.4 Å². The molecule has 8 heteroatoms. The van der Waals surface area contributed by atoms with Crippen LogP contribution in [0.1, 0.15) is 32.8 Å². The van der Waals surface area contributed by atoms with Gasteiger partial charge < -0.3 is 4.74 Å². The van der Waals surface area contributed by atoms with Crippen molar-refractivity contribution in [3.63, 3.8) is 0 Å². The molecule has 0 spiro atoms. The Labute approximate surface area is 138 Å². The van der Waals surface area contributed by atoms with Crippen LogP contribution in [0.5, 0.6) is 0 Å². The number of carbonyl (C=O) groups excluding carboxylic acids is 1. The second-order valence-electron chi connectivity index (χ2n) is 5.13. The maximum Gasteiger partial charge on any atom is 0.311 e. The highest BCUT2D eigenvalue weighted by Crippen LogP contribution is 2.32. The molecule has 0 saturated carbocycles. The van der Waals surface area contributed by atoms with Crippen molar-refractivity contribution in [2.45, 2.75) is 38.7 Å². The predicted molar refractivity (Wildman–Crippen MR) is 83.4 cm³/mol. The maximum atomic E-state index is 11.9. The van der Waals surface area contributed by atoms with Crippen LogP contribution in [-0.2, 0) is 25.2 Å². The van der Waals surface area contributed by atoms with Crippen molar-refractivity contribution >= 4 is 48.9 Å². The van der Waals surface area contributed by atoms with E-state index >= 15 is 0 Å². The lowest BCUT2D eigenvalue weighted by Crippen LogP contribution is -2.25. The Morgan fingerprint density at radius 1 is 1.29 bits per heavy atom. The Bertz CT molecular complexity index is 654. The molecule has 0 radical (unpaired) electrons. The quantitative estimate of drug-likeness (QED) is 0.567. The molecule has 0 atom stereocenters. The van der Waals surface area contributed by atoms with Crippen molar-refractivity contribution in [1.29, 1.82) is 0 Å². The van der Waals surface area contributed by atoms with Gasteiger partial charge in [0.1, 0.15) is 11.5 Å². The molecule has 0 bridgehead atoms. The number of carbonyl (C=O) groups is 1. The summed E-state index contributed by atoms with van der Waals surface area (Å²) in [6.45, 7) is 5.19. The summed E-state index contributed by atoms with van der Waals surface area (Å²) in [7, 11) is 1.25. The van der Waals surface area contributed by atoms with Crippen LogP contribution in [0.3, 0.4) is 0 Å². The summed E-state index contributed by atoms with van der Waals surface area (Å²) in [5.41, 5.74) is -0.351. The third-order valence-electron chi connectivity index (χ3n) is 3.14. The molecule has 0 aliphatic heterocycles.